The van der Waals surface area contributed by atoms with Crippen molar-refractivity contribution in [1.82, 2.24) is 4.48 Å². The lowest BCUT2D eigenvalue weighted by Crippen LogP contribution is -2.03. The Labute approximate surface area is 104 Å². The molecule has 1 radical (unpaired) electrons. The molecule has 0 amide bonds. The summed E-state index contributed by atoms with van der Waals surface area (Å²) in [5.74, 6) is 0. The molecule has 0 N–H and O–H groups in total. The van der Waals surface area contributed by atoms with Crippen molar-refractivity contribution >= 4 is 30.5 Å². The fourth-order valence-electron chi connectivity index (χ4n) is 2.26. The van der Waals surface area contributed by atoms with Crippen LogP contribution in [0.3, 0.4) is 0 Å². The molecular weight excluding hydrogens is 205 g/mol. The van der Waals surface area contributed by atoms with Gasteiger partial charge in [-0.15, -0.1) is 0 Å². The van der Waals surface area contributed by atoms with E-state index in [9.17, 15) is 0 Å². The van der Waals surface area contributed by atoms with Gasteiger partial charge in [-0.1, -0.05) is 43.3 Å². The number of allylic oxidation sites excluding steroid dienone is 2. The number of aromatic nitrogens is 1. The van der Waals surface area contributed by atoms with Crippen molar-refractivity contribution in [3.63, 3.8) is 0 Å². The summed E-state index contributed by atoms with van der Waals surface area (Å²) in [7, 11) is 2.12. The van der Waals surface area contributed by atoms with Crippen molar-refractivity contribution in [2.45, 2.75) is 20.7 Å². The summed E-state index contributed by atoms with van der Waals surface area (Å²) in [6.45, 7) is 6.18. The lowest BCUT2D eigenvalue weighted by molar-refractivity contribution is 1.26. The highest BCUT2D eigenvalue weighted by atomic mass is 14.9. The summed E-state index contributed by atoms with van der Waals surface area (Å²) < 4.78 is 2.24. The van der Waals surface area contributed by atoms with Crippen LogP contribution in [0.1, 0.15) is 25.1 Å². The van der Waals surface area contributed by atoms with E-state index in [2.05, 4.69) is 81.1 Å². The molecule has 1 aromatic heterocycles. The first-order valence-corrected chi connectivity index (χ1v) is 6.01. The quantitative estimate of drug-likeness (QED) is 0.685. The summed E-state index contributed by atoms with van der Waals surface area (Å²) in [4.78, 5) is 0. The molecule has 1 aromatic carbocycles. The molecule has 0 atom stereocenters. The number of para-hydroxylation sites is 1. The molecule has 1 nitrogen and oxygen atoms in total. The second-order valence-corrected chi connectivity index (χ2v) is 3.94. The SMILES string of the molecule is C[B]n1c(/C=C\C)c(/C=C\C)c2ccccc21. The first kappa shape index (κ1) is 11.8. The molecule has 0 aliphatic heterocycles. The first-order chi connectivity index (χ1) is 8.33. The minimum absolute atomic E-state index is 1.24. The molecule has 17 heavy (non-hydrogen) atoms. The summed E-state index contributed by atoms with van der Waals surface area (Å²) in [6.07, 6.45) is 8.52. The van der Waals surface area contributed by atoms with Gasteiger partial charge in [0.15, 0.2) is 0 Å². The molecule has 85 valence electrons. The molecule has 2 aromatic rings. The Balaban J connectivity index is 2.86. The van der Waals surface area contributed by atoms with Crippen LogP contribution >= 0.6 is 0 Å². The summed E-state index contributed by atoms with van der Waals surface area (Å²) >= 11 is 0. The standard InChI is InChI=1S/C15H17BN/c1-4-8-12-13-10-6-7-11-15(13)17(16-3)14(12)9-5-2/h4-11H,1-3H3/b8-4-,9-5-. The van der Waals surface area contributed by atoms with Crippen LogP contribution in [0.25, 0.3) is 23.1 Å². The minimum Gasteiger partial charge on any atom is -0.390 e. The Hall–Kier alpha value is -1.70. The van der Waals surface area contributed by atoms with Crippen LogP contribution < -0.4 is 0 Å². The lowest BCUT2D eigenvalue weighted by atomic mass is 9.98. The highest BCUT2D eigenvalue weighted by Crippen LogP contribution is 2.27. The zero-order valence-corrected chi connectivity index (χ0v) is 10.6. The van der Waals surface area contributed by atoms with Gasteiger partial charge in [0.1, 0.15) is 0 Å². The predicted octanol–water partition coefficient (Wildman–Crippen LogP) is 4.22. The zero-order valence-electron chi connectivity index (χ0n) is 10.6. The number of rotatable bonds is 3. The fourth-order valence-corrected chi connectivity index (χ4v) is 2.26. The number of fused-ring (bicyclic) bond motifs is 1. The highest BCUT2D eigenvalue weighted by molar-refractivity contribution is 6.35. The second kappa shape index (κ2) is 5.09. The maximum absolute atomic E-state index is 2.24. The Kier molecular flexibility index (Phi) is 3.53. The third-order valence-electron chi connectivity index (χ3n) is 2.91. The van der Waals surface area contributed by atoms with Gasteiger partial charge in [0, 0.05) is 22.2 Å². The van der Waals surface area contributed by atoms with Gasteiger partial charge in [-0.05, 0) is 26.0 Å². The largest absolute Gasteiger partial charge is 0.390 e. The van der Waals surface area contributed by atoms with Crippen LogP contribution in [0.2, 0.25) is 6.82 Å². The van der Waals surface area contributed by atoms with Gasteiger partial charge in [0.2, 0.25) is 7.41 Å². The lowest BCUT2D eigenvalue weighted by Gasteiger charge is -2.03. The van der Waals surface area contributed by atoms with Crippen molar-refractivity contribution in [2.24, 2.45) is 0 Å². The van der Waals surface area contributed by atoms with Gasteiger partial charge in [-0.2, -0.15) is 0 Å². The Morgan fingerprint density at radius 2 is 1.76 bits per heavy atom. The Morgan fingerprint density at radius 3 is 2.41 bits per heavy atom. The van der Waals surface area contributed by atoms with E-state index >= 15 is 0 Å². The van der Waals surface area contributed by atoms with Crippen LogP contribution in [0.15, 0.2) is 36.4 Å². The van der Waals surface area contributed by atoms with Crippen LogP contribution in [0.4, 0.5) is 0 Å². The molecule has 0 unspecified atom stereocenters. The van der Waals surface area contributed by atoms with Gasteiger partial charge in [-0.3, -0.25) is 0 Å². The van der Waals surface area contributed by atoms with Gasteiger partial charge >= 0.3 is 0 Å². The van der Waals surface area contributed by atoms with Crippen LogP contribution in [0, 0.1) is 0 Å². The van der Waals surface area contributed by atoms with E-state index < -0.39 is 0 Å². The molecule has 2 rings (SSSR count). The van der Waals surface area contributed by atoms with Crippen LogP contribution in [0.5, 0.6) is 0 Å². The summed E-state index contributed by atoms with van der Waals surface area (Å²) in [6, 6.07) is 8.52. The van der Waals surface area contributed by atoms with Crippen molar-refractivity contribution in [3.05, 3.63) is 47.7 Å². The molecule has 0 saturated carbocycles. The Morgan fingerprint density at radius 1 is 1.06 bits per heavy atom. The fraction of sp³-hybridized carbons (Fsp3) is 0.200. The van der Waals surface area contributed by atoms with E-state index in [4.69, 9.17) is 0 Å². The van der Waals surface area contributed by atoms with Crippen molar-refractivity contribution in [2.75, 3.05) is 0 Å². The topological polar surface area (TPSA) is 4.93 Å². The molecule has 2 heteroatoms. The second-order valence-electron chi connectivity index (χ2n) is 3.94. The van der Waals surface area contributed by atoms with Gasteiger partial charge < -0.3 is 4.48 Å². The molecular formula is C15H17BN. The smallest absolute Gasteiger partial charge is 0.249 e. The molecule has 0 fully saturated rings. The average Bonchev–Trinajstić information content (AvgIpc) is 2.65. The molecule has 0 bridgehead atoms. The first-order valence-electron chi connectivity index (χ1n) is 6.01. The van der Waals surface area contributed by atoms with E-state index in [0.29, 0.717) is 0 Å². The number of hydrogen-bond donors (Lipinski definition) is 0. The summed E-state index contributed by atoms with van der Waals surface area (Å²) in [5, 5.41) is 1.30. The molecule has 0 spiro atoms. The average molecular weight is 222 g/mol. The minimum atomic E-state index is 1.24. The molecule has 0 saturated heterocycles. The molecule has 1 heterocycles. The van der Waals surface area contributed by atoms with E-state index in [1.807, 2.05) is 0 Å². The van der Waals surface area contributed by atoms with E-state index in [1.165, 1.54) is 22.2 Å². The number of nitrogens with zero attached hydrogens (tertiary/aromatic N) is 1. The third-order valence-corrected chi connectivity index (χ3v) is 2.91. The van der Waals surface area contributed by atoms with E-state index in [0.717, 1.165) is 0 Å². The zero-order chi connectivity index (χ0) is 12.3. The van der Waals surface area contributed by atoms with Gasteiger partial charge in [-0.25, -0.2) is 0 Å². The number of hydrogen-bond acceptors (Lipinski definition) is 0. The third kappa shape index (κ3) is 1.95. The van der Waals surface area contributed by atoms with Crippen LogP contribution in [-0.4, -0.2) is 11.9 Å². The van der Waals surface area contributed by atoms with Gasteiger partial charge in [0.25, 0.3) is 0 Å². The van der Waals surface area contributed by atoms with Crippen LogP contribution in [-0.2, 0) is 0 Å². The maximum atomic E-state index is 2.24. The maximum Gasteiger partial charge on any atom is 0.249 e. The molecule has 0 aliphatic carbocycles. The van der Waals surface area contributed by atoms with Gasteiger partial charge in [0.05, 0.1) is 0 Å². The van der Waals surface area contributed by atoms with E-state index in [1.54, 1.807) is 0 Å². The Bertz CT molecular complexity index is 576. The van der Waals surface area contributed by atoms with E-state index in [-0.39, 0.29) is 0 Å². The predicted molar refractivity (Wildman–Crippen MR) is 78.4 cm³/mol. The summed E-state index contributed by atoms with van der Waals surface area (Å²) in [5.41, 5.74) is 3.80. The normalized spacial score (nSPS) is 11.9. The molecule has 0 aliphatic rings. The monoisotopic (exact) mass is 222 g/mol. The van der Waals surface area contributed by atoms with Crippen molar-refractivity contribution < 1.29 is 0 Å². The highest BCUT2D eigenvalue weighted by Gasteiger charge is 2.11. The van der Waals surface area contributed by atoms with Crippen molar-refractivity contribution in [3.8, 4) is 0 Å². The number of benzene rings is 1. The van der Waals surface area contributed by atoms with Crippen molar-refractivity contribution in [1.29, 1.82) is 0 Å².